The van der Waals surface area contributed by atoms with Crippen LogP contribution < -0.4 is 0 Å². The van der Waals surface area contributed by atoms with Crippen molar-refractivity contribution < 1.29 is 14.3 Å². The van der Waals surface area contributed by atoms with E-state index in [2.05, 4.69) is 4.98 Å². The van der Waals surface area contributed by atoms with Crippen LogP contribution in [0.4, 0.5) is 4.79 Å². The standard InChI is InChI=1S/C8H10N2O3/c1-5-2-9-7(13-5)6-3-10(4-6)8(11)12/h2,6H,3-4H2,1H3,(H,11,12). The van der Waals surface area contributed by atoms with E-state index in [-0.39, 0.29) is 5.92 Å². The van der Waals surface area contributed by atoms with Crippen LogP contribution in [0.2, 0.25) is 0 Å². The number of oxazole rings is 1. The Morgan fingerprint density at radius 1 is 1.77 bits per heavy atom. The van der Waals surface area contributed by atoms with E-state index in [1.807, 2.05) is 6.92 Å². The van der Waals surface area contributed by atoms with Gasteiger partial charge in [-0.25, -0.2) is 9.78 Å². The van der Waals surface area contributed by atoms with Crippen molar-refractivity contribution in [3.05, 3.63) is 17.8 Å². The lowest BCUT2D eigenvalue weighted by Gasteiger charge is -2.34. The third-order valence-corrected chi connectivity index (χ3v) is 2.14. The third kappa shape index (κ3) is 1.37. The molecule has 5 heteroatoms. The van der Waals surface area contributed by atoms with Crippen LogP contribution in [0, 0.1) is 6.92 Å². The van der Waals surface area contributed by atoms with Crippen LogP contribution in [0.15, 0.2) is 10.6 Å². The molecule has 0 unspecified atom stereocenters. The normalized spacial score (nSPS) is 17.2. The molecule has 1 aromatic heterocycles. The van der Waals surface area contributed by atoms with Crippen molar-refractivity contribution in [3.8, 4) is 0 Å². The number of nitrogens with zero attached hydrogens (tertiary/aromatic N) is 2. The van der Waals surface area contributed by atoms with E-state index >= 15 is 0 Å². The number of carboxylic acid groups (broad SMARTS) is 1. The summed E-state index contributed by atoms with van der Waals surface area (Å²) in [6.07, 6.45) is 0.776. The summed E-state index contributed by atoms with van der Waals surface area (Å²) in [5, 5.41) is 8.58. The largest absolute Gasteiger partial charge is 0.465 e. The molecule has 1 N–H and O–H groups in total. The molecule has 1 aromatic rings. The molecule has 0 aliphatic carbocycles. The van der Waals surface area contributed by atoms with Gasteiger partial charge >= 0.3 is 6.09 Å². The maximum absolute atomic E-state index is 10.4. The Labute approximate surface area is 75.0 Å². The van der Waals surface area contributed by atoms with E-state index < -0.39 is 6.09 Å². The van der Waals surface area contributed by atoms with Gasteiger partial charge in [0.1, 0.15) is 5.76 Å². The average Bonchev–Trinajstić information content (AvgIpc) is 2.31. The SMILES string of the molecule is Cc1cnc(C2CN(C(=O)O)C2)o1. The molecule has 5 nitrogen and oxygen atoms in total. The molecule has 0 saturated carbocycles. The highest BCUT2D eigenvalue weighted by molar-refractivity contribution is 5.66. The van der Waals surface area contributed by atoms with E-state index in [9.17, 15) is 4.79 Å². The lowest BCUT2D eigenvalue weighted by atomic mass is 10.0. The first kappa shape index (κ1) is 8.10. The minimum atomic E-state index is -0.875. The first-order valence-electron chi connectivity index (χ1n) is 4.07. The van der Waals surface area contributed by atoms with Gasteiger partial charge in [-0.3, -0.25) is 0 Å². The van der Waals surface area contributed by atoms with Crippen LogP contribution in [0.1, 0.15) is 17.6 Å². The smallest absolute Gasteiger partial charge is 0.407 e. The van der Waals surface area contributed by atoms with Crippen molar-refractivity contribution in [2.75, 3.05) is 13.1 Å². The zero-order chi connectivity index (χ0) is 9.42. The summed E-state index contributed by atoms with van der Waals surface area (Å²) in [5.41, 5.74) is 0. The number of aryl methyl sites for hydroxylation is 1. The molecular formula is C8H10N2O3. The van der Waals surface area contributed by atoms with E-state index in [1.165, 1.54) is 4.90 Å². The van der Waals surface area contributed by atoms with E-state index in [0.29, 0.717) is 19.0 Å². The summed E-state index contributed by atoms with van der Waals surface area (Å²) >= 11 is 0. The number of carbonyl (C=O) groups is 1. The zero-order valence-electron chi connectivity index (χ0n) is 7.23. The van der Waals surface area contributed by atoms with Gasteiger partial charge in [-0.1, -0.05) is 0 Å². The van der Waals surface area contributed by atoms with E-state index in [0.717, 1.165) is 5.76 Å². The number of aromatic nitrogens is 1. The summed E-state index contributed by atoms with van der Waals surface area (Å²) < 4.78 is 5.28. The predicted molar refractivity (Wildman–Crippen MR) is 43.6 cm³/mol. The van der Waals surface area contributed by atoms with Crippen LogP contribution in [-0.4, -0.2) is 34.2 Å². The van der Waals surface area contributed by atoms with Crippen LogP contribution in [-0.2, 0) is 0 Å². The number of rotatable bonds is 1. The molecule has 0 spiro atoms. The summed E-state index contributed by atoms with van der Waals surface area (Å²) in [7, 11) is 0. The molecule has 1 saturated heterocycles. The van der Waals surface area contributed by atoms with Gasteiger partial charge < -0.3 is 14.4 Å². The van der Waals surface area contributed by atoms with Gasteiger partial charge in [0.15, 0.2) is 0 Å². The summed E-state index contributed by atoms with van der Waals surface area (Å²) in [4.78, 5) is 15.8. The molecule has 0 atom stereocenters. The number of hydrogen-bond acceptors (Lipinski definition) is 3. The molecule has 1 fully saturated rings. The Morgan fingerprint density at radius 2 is 2.46 bits per heavy atom. The Bertz CT molecular complexity index is 328. The topological polar surface area (TPSA) is 66.6 Å². The highest BCUT2D eigenvalue weighted by Gasteiger charge is 2.34. The van der Waals surface area contributed by atoms with Gasteiger partial charge in [0.05, 0.1) is 12.1 Å². The summed E-state index contributed by atoms with van der Waals surface area (Å²) in [6.45, 7) is 2.81. The highest BCUT2D eigenvalue weighted by atomic mass is 16.4. The highest BCUT2D eigenvalue weighted by Crippen LogP contribution is 2.26. The molecule has 0 bridgehead atoms. The predicted octanol–water partition coefficient (Wildman–Crippen LogP) is 1.06. The van der Waals surface area contributed by atoms with Crippen molar-refractivity contribution in [3.63, 3.8) is 0 Å². The van der Waals surface area contributed by atoms with Crippen LogP contribution in [0.3, 0.4) is 0 Å². The maximum atomic E-state index is 10.4. The molecule has 0 aromatic carbocycles. The molecule has 13 heavy (non-hydrogen) atoms. The van der Waals surface area contributed by atoms with Gasteiger partial charge in [-0.2, -0.15) is 0 Å². The lowest BCUT2D eigenvalue weighted by Crippen LogP contribution is -2.47. The first-order valence-corrected chi connectivity index (χ1v) is 4.07. The monoisotopic (exact) mass is 182 g/mol. The van der Waals surface area contributed by atoms with Gasteiger partial charge in [-0.15, -0.1) is 0 Å². The van der Waals surface area contributed by atoms with Crippen molar-refractivity contribution in [1.29, 1.82) is 0 Å². The van der Waals surface area contributed by atoms with Crippen molar-refractivity contribution in [1.82, 2.24) is 9.88 Å². The Balaban J connectivity index is 1.97. The van der Waals surface area contributed by atoms with Gasteiger partial charge in [0, 0.05) is 13.1 Å². The van der Waals surface area contributed by atoms with Gasteiger partial charge in [-0.05, 0) is 6.92 Å². The van der Waals surface area contributed by atoms with Crippen molar-refractivity contribution in [2.45, 2.75) is 12.8 Å². The fourth-order valence-corrected chi connectivity index (χ4v) is 1.35. The van der Waals surface area contributed by atoms with E-state index in [4.69, 9.17) is 9.52 Å². The second kappa shape index (κ2) is 2.76. The van der Waals surface area contributed by atoms with Crippen molar-refractivity contribution in [2.24, 2.45) is 0 Å². The fourth-order valence-electron chi connectivity index (χ4n) is 1.35. The van der Waals surface area contributed by atoms with Gasteiger partial charge in [0.25, 0.3) is 0 Å². The minimum absolute atomic E-state index is 0.143. The molecule has 70 valence electrons. The fraction of sp³-hybridized carbons (Fsp3) is 0.500. The molecule has 0 radical (unpaired) electrons. The summed E-state index contributed by atoms with van der Waals surface area (Å²) in [6, 6.07) is 0. The van der Waals surface area contributed by atoms with Crippen LogP contribution >= 0.6 is 0 Å². The Kier molecular flexibility index (Phi) is 1.72. The number of amides is 1. The first-order chi connectivity index (χ1) is 6.16. The molecular weight excluding hydrogens is 172 g/mol. The summed E-state index contributed by atoms with van der Waals surface area (Å²) in [5.74, 6) is 1.56. The van der Waals surface area contributed by atoms with E-state index in [1.54, 1.807) is 6.20 Å². The maximum Gasteiger partial charge on any atom is 0.407 e. The molecule has 2 heterocycles. The molecule has 1 aliphatic rings. The number of hydrogen-bond donors (Lipinski definition) is 1. The average molecular weight is 182 g/mol. The van der Waals surface area contributed by atoms with Gasteiger partial charge in [0.2, 0.25) is 5.89 Å². The Morgan fingerprint density at radius 3 is 2.92 bits per heavy atom. The third-order valence-electron chi connectivity index (χ3n) is 2.14. The quantitative estimate of drug-likeness (QED) is 0.705. The molecule has 1 amide bonds. The zero-order valence-corrected chi connectivity index (χ0v) is 7.23. The second-order valence-electron chi connectivity index (χ2n) is 3.19. The molecule has 1 aliphatic heterocycles. The minimum Gasteiger partial charge on any atom is -0.465 e. The lowest BCUT2D eigenvalue weighted by molar-refractivity contribution is 0.0979. The van der Waals surface area contributed by atoms with Crippen molar-refractivity contribution >= 4 is 6.09 Å². The second-order valence-corrected chi connectivity index (χ2v) is 3.19. The Hall–Kier alpha value is -1.52. The number of likely N-dealkylation sites (tertiary alicyclic amines) is 1. The molecule has 2 rings (SSSR count). The van der Waals surface area contributed by atoms with Crippen LogP contribution in [0.25, 0.3) is 0 Å². The van der Waals surface area contributed by atoms with Crippen LogP contribution in [0.5, 0.6) is 0 Å².